The summed E-state index contributed by atoms with van der Waals surface area (Å²) >= 11 is 0. The van der Waals surface area contributed by atoms with Gasteiger partial charge in [-0.15, -0.1) is 5.10 Å². The second-order valence-electron chi connectivity index (χ2n) is 3.76. The first kappa shape index (κ1) is 12.8. The number of aromatic nitrogens is 3. The minimum atomic E-state index is -0.0996. The van der Waals surface area contributed by atoms with Crippen molar-refractivity contribution >= 4 is 5.78 Å². The fraction of sp³-hybridized carbons (Fsp3) is 0.231. The van der Waals surface area contributed by atoms with Crippen LogP contribution >= 0.6 is 0 Å². The lowest BCUT2D eigenvalue weighted by Gasteiger charge is -2.04. The molecule has 19 heavy (non-hydrogen) atoms. The van der Waals surface area contributed by atoms with Crippen LogP contribution < -0.4 is 4.74 Å². The van der Waals surface area contributed by atoms with E-state index in [1.54, 1.807) is 24.3 Å². The molecule has 0 bridgehead atoms. The van der Waals surface area contributed by atoms with E-state index >= 15 is 0 Å². The third kappa shape index (κ3) is 3.16. The summed E-state index contributed by atoms with van der Waals surface area (Å²) in [4.78, 5) is 15.7. The number of ether oxygens (including phenoxy) is 1. The molecule has 6 nitrogen and oxygen atoms in total. The molecule has 1 heterocycles. The first-order valence-corrected chi connectivity index (χ1v) is 5.78. The monoisotopic (exact) mass is 256 g/mol. The molecule has 0 radical (unpaired) electrons. The molecule has 2 rings (SSSR count). The van der Waals surface area contributed by atoms with E-state index in [-0.39, 0.29) is 18.2 Å². The van der Waals surface area contributed by atoms with Crippen LogP contribution in [-0.4, -0.2) is 27.2 Å². The van der Waals surface area contributed by atoms with Gasteiger partial charge in [-0.25, -0.2) is 9.67 Å². The molecule has 2 aromatic rings. The van der Waals surface area contributed by atoms with Crippen LogP contribution in [0.5, 0.6) is 5.75 Å². The van der Waals surface area contributed by atoms with Gasteiger partial charge in [-0.1, -0.05) is 0 Å². The summed E-state index contributed by atoms with van der Waals surface area (Å²) in [7, 11) is 0. The van der Waals surface area contributed by atoms with Crippen molar-refractivity contribution in [1.82, 2.24) is 14.8 Å². The largest absolute Gasteiger partial charge is 0.494 e. The van der Waals surface area contributed by atoms with E-state index in [1.165, 1.54) is 11.0 Å². The number of ketones is 1. The Morgan fingerprint density at radius 1 is 1.42 bits per heavy atom. The van der Waals surface area contributed by atoms with Gasteiger partial charge < -0.3 is 4.74 Å². The molecule has 1 aromatic carbocycles. The van der Waals surface area contributed by atoms with E-state index in [0.29, 0.717) is 12.2 Å². The summed E-state index contributed by atoms with van der Waals surface area (Å²) in [5.41, 5.74) is 0.567. The Hall–Kier alpha value is -2.68. The number of rotatable bonds is 5. The standard InChI is InChI=1S/C13H12N4O2/c1-2-19-11-5-3-10(4-6-11)12(18)8-17-9-15-13(7-14)16-17/h3-6,9H,2,8H2,1H3. The van der Waals surface area contributed by atoms with Crippen LogP contribution in [0.1, 0.15) is 23.1 Å². The number of nitriles is 1. The highest BCUT2D eigenvalue weighted by Crippen LogP contribution is 2.12. The fourth-order valence-corrected chi connectivity index (χ4v) is 1.56. The minimum absolute atomic E-state index is 0.0551. The highest BCUT2D eigenvalue weighted by atomic mass is 16.5. The van der Waals surface area contributed by atoms with Crippen LogP contribution in [0.25, 0.3) is 0 Å². The molecule has 96 valence electrons. The Balaban J connectivity index is 2.05. The van der Waals surface area contributed by atoms with E-state index < -0.39 is 0 Å². The van der Waals surface area contributed by atoms with Crippen molar-refractivity contribution in [3.63, 3.8) is 0 Å². The molecule has 0 saturated carbocycles. The van der Waals surface area contributed by atoms with Crippen LogP contribution in [0.15, 0.2) is 30.6 Å². The number of carbonyl (C=O) groups excluding carboxylic acids is 1. The van der Waals surface area contributed by atoms with E-state index in [1.807, 2.05) is 13.0 Å². The molecule has 0 fully saturated rings. The SMILES string of the molecule is CCOc1ccc(C(=O)Cn2cnc(C#N)n2)cc1. The summed E-state index contributed by atoms with van der Waals surface area (Å²) < 4.78 is 6.65. The second-order valence-corrected chi connectivity index (χ2v) is 3.76. The Morgan fingerprint density at radius 2 is 2.16 bits per heavy atom. The van der Waals surface area contributed by atoms with Gasteiger partial charge in [0.2, 0.25) is 0 Å². The Kier molecular flexibility index (Phi) is 3.88. The van der Waals surface area contributed by atoms with Gasteiger partial charge in [0, 0.05) is 5.56 Å². The van der Waals surface area contributed by atoms with Crippen LogP contribution in [0.4, 0.5) is 0 Å². The summed E-state index contributed by atoms with van der Waals surface area (Å²) in [5, 5.41) is 12.4. The second kappa shape index (κ2) is 5.78. The van der Waals surface area contributed by atoms with E-state index in [9.17, 15) is 4.79 Å². The third-order valence-electron chi connectivity index (χ3n) is 2.43. The maximum Gasteiger partial charge on any atom is 0.252 e. The summed E-state index contributed by atoms with van der Waals surface area (Å²) in [6, 6.07) is 8.72. The number of Topliss-reactive ketones (excluding diaryl/α,β-unsaturated/α-hetero) is 1. The molecule has 0 saturated heterocycles. The molecule has 0 aliphatic heterocycles. The van der Waals surface area contributed by atoms with Crippen molar-refractivity contribution in [1.29, 1.82) is 5.26 Å². The average Bonchev–Trinajstić information content (AvgIpc) is 2.87. The van der Waals surface area contributed by atoms with Gasteiger partial charge in [-0.2, -0.15) is 5.26 Å². The maximum atomic E-state index is 12.0. The average molecular weight is 256 g/mol. The third-order valence-corrected chi connectivity index (χ3v) is 2.43. The van der Waals surface area contributed by atoms with Crippen molar-refractivity contribution in [2.45, 2.75) is 13.5 Å². The molecular formula is C13H12N4O2. The van der Waals surface area contributed by atoms with Gasteiger partial charge in [0.25, 0.3) is 5.82 Å². The van der Waals surface area contributed by atoms with Gasteiger partial charge in [-0.3, -0.25) is 4.79 Å². The molecule has 0 unspecified atom stereocenters. The fourth-order valence-electron chi connectivity index (χ4n) is 1.56. The molecule has 1 aromatic heterocycles. The molecule has 0 aliphatic carbocycles. The summed E-state index contributed by atoms with van der Waals surface area (Å²) in [6.07, 6.45) is 1.37. The number of hydrogen-bond donors (Lipinski definition) is 0. The quantitative estimate of drug-likeness (QED) is 0.756. The predicted octanol–water partition coefficient (Wildman–Crippen LogP) is 1.43. The first-order valence-electron chi connectivity index (χ1n) is 5.78. The molecule has 6 heteroatoms. The van der Waals surface area contributed by atoms with Crippen LogP contribution in [-0.2, 0) is 6.54 Å². The topological polar surface area (TPSA) is 80.8 Å². The normalized spacial score (nSPS) is 9.89. The molecule has 0 amide bonds. The lowest BCUT2D eigenvalue weighted by Crippen LogP contribution is -2.11. The lowest BCUT2D eigenvalue weighted by atomic mass is 10.1. The first-order chi connectivity index (χ1) is 9.22. The van der Waals surface area contributed by atoms with Gasteiger partial charge in [0.1, 0.15) is 24.7 Å². The zero-order valence-electron chi connectivity index (χ0n) is 10.4. The summed E-state index contributed by atoms with van der Waals surface area (Å²) in [5.74, 6) is 0.684. The van der Waals surface area contributed by atoms with E-state index in [4.69, 9.17) is 10.00 Å². The van der Waals surface area contributed by atoms with Crippen LogP contribution in [0, 0.1) is 11.3 Å². The molecule has 0 spiro atoms. The van der Waals surface area contributed by atoms with Crippen molar-refractivity contribution in [2.75, 3.05) is 6.61 Å². The van der Waals surface area contributed by atoms with Crippen molar-refractivity contribution < 1.29 is 9.53 Å². The van der Waals surface area contributed by atoms with Crippen LogP contribution in [0.2, 0.25) is 0 Å². The number of carbonyl (C=O) groups is 1. The Morgan fingerprint density at radius 3 is 2.74 bits per heavy atom. The van der Waals surface area contributed by atoms with Crippen molar-refractivity contribution in [3.8, 4) is 11.8 Å². The zero-order valence-corrected chi connectivity index (χ0v) is 10.4. The molecular weight excluding hydrogens is 244 g/mol. The minimum Gasteiger partial charge on any atom is -0.494 e. The zero-order chi connectivity index (χ0) is 13.7. The van der Waals surface area contributed by atoms with Gasteiger partial charge in [0.15, 0.2) is 5.78 Å². The molecule has 0 aliphatic rings. The molecule has 0 N–H and O–H groups in total. The summed E-state index contributed by atoms with van der Waals surface area (Å²) in [6.45, 7) is 2.54. The highest BCUT2D eigenvalue weighted by molar-refractivity contribution is 5.95. The van der Waals surface area contributed by atoms with Gasteiger partial charge in [0.05, 0.1) is 6.61 Å². The van der Waals surface area contributed by atoms with Gasteiger partial charge in [-0.05, 0) is 31.2 Å². The van der Waals surface area contributed by atoms with Gasteiger partial charge >= 0.3 is 0 Å². The smallest absolute Gasteiger partial charge is 0.252 e. The predicted molar refractivity (Wildman–Crippen MR) is 66.7 cm³/mol. The Bertz CT molecular complexity index is 610. The maximum absolute atomic E-state index is 12.0. The van der Waals surface area contributed by atoms with E-state index in [0.717, 1.165) is 5.75 Å². The molecule has 0 atom stereocenters. The van der Waals surface area contributed by atoms with Crippen molar-refractivity contribution in [2.24, 2.45) is 0 Å². The number of hydrogen-bond acceptors (Lipinski definition) is 5. The lowest BCUT2D eigenvalue weighted by molar-refractivity contribution is 0.0967. The highest BCUT2D eigenvalue weighted by Gasteiger charge is 2.08. The van der Waals surface area contributed by atoms with E-state index in [2.05, 4.69) is 10.1 Å². The number of nitrogens with zero attached hydrogens (tertiary/aromatic N) is 4. The van der Waals surface area contributed by atoms with Crippen LogP contribution in [0.3, 0.4) is 0 Å². The number of benzene rings is 1. The Labute approximate surface area is 110 Å². The van der Waals surface area contributed by atoms with Crippen molar-refractivity contribution in [3.05, 3.63) is 42.0 Å².